The van der Waals surface area contributed by atoms with Crippen molar-refractivity contribution in [2.24, 2.45) is 0 Å². The fourth-order valence-corrected chi connectivity index (χ4v) is 1.67. The van der Waals surface area contributed by atoms with Crippen LogP contribution in [0, 0.1) is 0 Å². The monoisotopic (exact) mass is 277 g/mol. The number of alkyl halides is 3. The van der Waals surface area contributed by atoms with E-state index in [1.807, 2.05) is 6.92 Å². The van der Waals surface area contributed by atoms with Crippen LogP contribution in [0.2, 0.25) is 0 Å². The van der Waals surface area contributed by atoms with Crippen molar-refractivity contribution in [1.29, 1.82) is 0 Å². The Hall–Kier alpha value is -1.21. The number of nitrogens with zero attached hydrogens (tertiary/aromatic N) is 2. The lowest BCUT2D eigenvalue weighted by molar-refractivity contribution is -0.174. The molecule has 1 aromatic heterocycles. The molecule has 0 bridgehead atoms. The molecule has 0 radical (unpaired) electrons. The van der Waals surface area contributed by atoms with Crippen LogP contribution in [0.3, 0.4) is 0 Å². The summed E-state index contributed by atoms with van der Waals surface area (Å²) in [4.78, 5) is 8.17. The van der Waals surface area contributed by atoms with Gasteiger partial charge < -0.3 is 10.1 Å². The van der Waals surface area contributed by atoms with Gasteiger partial charge in [0.15, 0.2) is 0 Å². The molecule has 1 unspecified atom stereocenters. The molecule has 0 saturated heterocycles. The number of ether oxygens (including phenoxy) is 1. The van der Waals surface area contributed by atoms with Gasteiger partial charge in [0.25, 0.3) is 0 Å². The van der Waals surface area contributed by atoms with E-state index in [9.17, 15) is 13.2 Å². The van der Waals surface area contributed by atoms with E-state index in [2.05, 4.69) is 20.0 Å². The second-order valence-electron chi connectivity index (χ2n) is 4.05. The van der Waals surface area contributed by atoms with Gasteiger partial charge in [0.2, 0.25) is 0 Å². The van der Waals surface area contributed by atoms with Crippen molar-refractivity contribution < 1.29 is 17.9 Å². The number of hydrogen-bond acceptors (Lipinski definition) is 4. The first kappa shape index (κ1) is 15.8. The summed E-state index contributed by atoms with van der Waals surface area (Å²) in [6, 6.07) is -0.00631. The fraction of sp³-hybridized carbons (Fsp3) is 0.667. The number of rotatable bonds is 8. The summed E-state index contributed by atoms with van der Waals surface area (Å²) in [5, 5.41) is 3.23. The fourth-order valence-electron chi connectivity index (χ4n) is 1.67. The first-order valence-corrected chi connectivity index (χ1v) is 6.16. The zero-order valence-electron chi connectivity index (χ0n) is 10.8. The maximum atomic E-state index is 11.9. The molecule has 1 atom stereocenters. The molecule has 0 aliphatic carbocycles. The molecule has 1 aromatic rings. The van der Waals surface area contributed by atoms with Gasteiger partial charge in [0.1, 0.15) is 6.61 Å². The van der Waals surface area contributed by atoms with Crippen molar-refractivity contribution >= 4 is 0 Å². The van der Waals surface area contributed by atoms with Crippen molar-refractivity contribution in [3.8, 4) is 0 Å². The standard InChI is InChI=1S/C12H18F3N3O/c1-2-17-10(11-8-16-5-6-18-11)4-3-7-19-9-12(13,14)15/h5-6,8,10,17H,2-4,7,9H2,1H3. The summed E-state index contributed by atoms with van der Waals surface area (Å²) in [6.07, 6.45) is 1.77. The van der Waals surface area contributed by atoms with Crippen LogP contribution >= 0.6 is 0 Å². The molecule has 0 saturated carbocycles. The largest absolute Gasteiger partial charge is 0.411 e. The highest BCUT2D eigenvalue weighted by molar-refractivity contribution is 5.01. The summed E-state index contributed by atoms with van der Waals surface area (Å²) >= 11 is 0. The number of halogens is 3. The maximum absolute atomic E-state index is 11.9. The lowest BCUT2D eigenvalue weighted by atomic mass is 10.1. The first-order valence-electron chi connectivity index (χ1n) is 6.16. The van der Waals surface area contributed by atoms with Crippen LogP contribution in [0.15, 0.2) is 18.6 Å². The van der Waals surface area contributed by atoms with E-state index in [-0.39, 0.29) is 12.6 Å². The van der Waals surface area contributed by atoms with E-state index in [0.29, 0.717) is 12.8 Å². The summed E-state index contributed by atoms with van der Waals surface area (Å²) in [7, 11) is 0. The van der Waals surface area contributed by atoms with Crippen LogP contribution in [-0.4, -0.2) is 35.9 Å². The second-order valence-corrected chi connectivity index (χ2v) is 4.05. The molecule has 108 valence electrons. The van der Waals surface area contributed by atoms with Crippen molar-refractivity contribution in [3.05, 3.63) is 24.3 Å². The predicted octanol–water partition coefficient (Wildman–Crippen LogP) is 2.49. The number of nitrogens with one attached hydrogen (secondary N) is 1. The molecule has 1 N–H and O–H groups in total. The normalized spacial score (nSPS) is 13.5. The Morgan fingerprint density at radius 1 is 1.37 bits per heavy atom. The molecule has 0 amide bonds. The van der Waals surface area contributed by atoms with Crippen LogP contribution < -0.4 is 5.32 Å². The van der Waals surface area contributed by atoms with Gasteiger partial charge in [-0.05, 0) is 19.4 Å². The van der Waals surface area contributed by atoms with Gasteiger partial charge in [0.05, 0.1) is 11.7 Å². The molecule has 19 heavy (non-hydrogen) atoms. The SMILES string of the molecule is CCNC(CCCOCC(F)(F)F)c1cnccn1. The van der Waals surface area contributed by atoms with Crippen molar-refractivity contribution in [2.45, 2.75) is 32.0 Å². The van der Waals surface area contributed by atoms with E-state index in [0.717, 1.165) is 12.2 Å². The molecule has 0 aliphatic rings. The van der Waals surface area contributed by atoms with Gasteiger partial charge in [-0.2, -0.15) is 13.2 Å². The van der Waals surface area contributed by atoms with Gasteiger partial charge in [-0.3, -0.25) is 9.97 Å². The van der Waals surface area contributed by atoms with Gasteiger partial charge in [-0.25, -0.2) is 0 Å². The molecule has 0 aromatic carbocycles. The van der Waals surface area contributed by atoms with Gasteiger partial charge in [-0.15, -0.1) is 0 Å². The summed E-state index contributed by atoms with van der Waals surface area (Å²) < 4.78 is 40.2. The third-order valence-corrected chi connectivity index (χ3v) is 2.44. The second kappa shape index (κ2) is 8.06. The van der Waals surface area contributed by atoms with Crippen LogP contribution in [0.25, 0.3) is 0 Å². The Kier molecular flexibility index (Phi) is 6.72. The van der Waals surface area contributed by atoms with Crippen LogP contribution in [0.4, 0.5) is 13.2 Å². The van der Waals surface area contributed by atoms with Crippen LogP contribution in [0.1, 0.15) is 31.5 Å². The molecule has 0 aliphatic heterocycles. The summed E-state index contributed by atoms with van der Waals surface area (Å²) in [5.41, 5.74) is 0.792. The van der Waals surface area contributed by atoms with Crippen molar-refractivity contribution in [2.75, 3.05) is 19.8 Å². The Labute approximate surface area is 110 Å². The lowest BCUT2D eigenvalue weighted by Gasteiger charge is -2.17. The van der Waals surface area contributed by atoms with E-state index >= 15 is 0 Å². The predicted molar refractivity (Wildman–Crippen MR) is 64.6 cm³/mol. The van der Waals surface area contributed by atoms with Gasteiger partial charge in [-0.1, -0.05) is 6.92 Å². The Morgan fingerprint density at radius 3 is 2.74 bits per heavy atom. The van der Waals surface area contributed by atoms with E-state index < -0.39 is 12.8 Å². The minimum atomic E-state index is -4.26. The number of hydrogen-bond donors (Lipinski definition) is 1. The highest BCUT2D eigenvalue weighted by Gasteiger charge is 2.27. The molecular weight excluding hydrogens is 259 g/mol. The molecule has 0 spiro atoms. The highest BCUT2D eigenvalue weighted by atomic mass is 19.4. The number of aromatic nitrogens is 2. The summed E-state index contributed by atoms with van der Waals surface area (Å²) in [6.45, 7) is 1.61. The van der Waals surface area contributed by atoms with Gasteiger partial charge >= 0.3 is 6.18 Å². The summed E-state index contributed by atoms with van der Waals surface area (Å²) in [5.74, 6) is 0. The topological polar surface area (TPSA) is 47.0 Å². The van der Waals surface area contributed by atoms with Gasteiger partial charge in [0, 0.05) is 25.2 Å². The molecule has 1 heterocycles. The highest BCUT2D eigenvalue weighted by Crippen LogP contribution is 2.17. The average Bonchev–Trinajstić information content (AvgIpc) is 2.37. The minimum absolute atomic E-state index is 0.00631. The Morgan fingerprint density at radius 2 is 2.16 bits per heavy atom. The molecule has 4 nitrogen and oxygen atoms in total. The zero-order chi connectivity index (χ0) is 14.1. The van der Waals surface area contributed by atoms with E-state index in [1.54, 1.807) is 18.6 Å². The average molecular weight is 277 g/mol. The van der Waals surface area contributed by atoms with Crippen LogP contribution in [0.5, 0.6) is 0 Å². The smallest absolute Gasteiger partial charge is 0.372 e. The third kappa shape index (κ3) is 7.07. The van der Waals surface area contributed by atoms with E-state index in [4.69, 9.17) is 0 Å². The lowest BCUT2D eigenvalue weighted by Crippen LogP contribution is -2.23. The van der Waals surface area contributed by atoms with Crippen molar-refractivity contribution in [1.82, 2.24) is 15.3 Å². The van der Waals surface area contributed by atoms with E-state index in [1.165, 1.54) is 0 Å². The molecule has 0 fully saturated rings. The first-order chi connectivity index (χ1) is 9.03. The minimum Gasteiger partial charge on any atom is -0.372 e. The molecule has 1 rings (SSSR count). The van der Waals surface area contributed by atoms with Crippen molar-refractivity contribution in [3.63, 3.8) is 0 Å². The molecular formula is C12H18F3N3O. The van der Waals surface area contributed by atoms with Crippen LogP contribution in [-0.2, 0) is 4.74 Å². The molecule has 7 heteroatoms. The maximum Gasteiger partial charge on any atom is 0.411 e. The third-order valence-electron chi connectivity index (χ3n) is 2.44. The Bertz CT molecular complexity index is 346. The Balaban J connectivity index is 2.31. The zero-order valence-corrected chi connectivity index (χ0v) is 10.8. The quantitative estimate of drug-likeness (QED) is 0.742.